The van der Waals surface area contributed by atoms with Crippen LogP contribution in [0.25, 0.3) is 0 Å². The molecular weight excluding hydrogens is 296 g/mol. The van der Waals surface area contributed by atoms with E-state index in [1.165, 1.54) is 30.4 Å². The highest BCUT2D eigenvalue weighted by Gasteiger charge is 2.52. The number of aliphatic hydroxyl groups is 1. The van der Waals surface area contributed by atoms with E-state index in [0.717, 1.165) is 6.08 Å². The molecule has 0 heterocycles. The quantitative estimate of drug-likeness (QED) is 0.481. The van der Waals surface area contributed by atoms with Gasteiger partial charge in [-0.15, -0.1) is 0 Å². The summed E-state index contributed by atoms with van der Waals surface area (Å²) in [6.45, 7) is -0.962. The topological polar surface area (TPSA) is 101 Å². The second kappa shape index (κ2) is 5.90. The minimum Gasteiger partial charge on any atom is -0.371 e. The Kier molecular flexibility index (Phi) is 4.38. The first kappa shape index (κ1) is 15.6. The molecule has 0 bridgehead atoms. The van der Waals surface area contributed by atoms with Crippen molar-refractivity contribution < 1.29 is 27.6 Å². The Morgan fingerprint density at radius 2 is 1.90 bits per heavy atom. The highest BCUT2D eigenvalue weighted by molar-refractivity contribution is 7.87. The normalized spacial score (nSPS) is 25.0. The molecule has 1 aromatic rings. The predicted molar refractivity (Wildman–Crippen MR) is 75.0 cm³/mol. The fraction of sp³-hybridized carbons (Fsp3) is 0.214. The second-order valence-electron chi connectivity index (χ2n) is 4.42. The summed E-state index contributed by atoms with van der Waals surface area (Å²) < 4.78 is 37.8. The van der Waals surface area contributed by atoms with Crippen LogP contribution in [0.3, 0.4) is 0 Å². The van der Waals surface area contributed by atoms with Crippen LogP contribution < -0.4 is 0 Å². The molecule has 2 N–H and O–H groups in total. The van der Waals surface area contributed by atoms with Gasteiger partial charge in [-0.25, -0.2) is 0 Å². The van der Waals surface area contributed by atoms with Crippen molar-refractivity contribution in [3.63, 3.8) is 0 Å². The van der Waals surface area contributed by atoms with Gasteiger partial charge < -0.3 is 9.84 Å². The van der Waals surface area contributed by atoms with Crippen molar-refractivity contribution in [1.29, 1.82) is 0 Å². The molecule has 0 aliphatic heterocycles. The number of benzene rings is 1. The maximum Gasteiger partial charge on any atom is 0.300 e. The summed E-state index contributed by atoms with van der Waals surface area (Å²) in [6, 6.07) is 8.05. The van der Waals surface area contributed by atoms with E-state index in [9.17, 15) is 17.8 Å². The van der Waals surface area contributed by atoms with Crippen LogP contribution in [0.2, 0.25) is 0 Å². The van der Waals surface area contributed by atoms with Crippen LogP contribution in [0.15, 0.2) is 54.6 Å². The van der Waals surface area contributed by atoms with E-state index >= 15 is 0 Å². The van der Waals surface area contributed by atoms with E-state index in [2.05, 4.69) is 0 Å². The number of carbonyl (C=O) groups is 1. The summed E-state index contributed by atoms with van der Waals surface area (Å²) >= 11 is 0. The van der Waals surface area contributed by atoms with Crippen molar-refractivity contribution >= 4 is 15.9 Å². The van der Waals surface area contributed by atoms with Gasteiger partial charge in [0.1, 0.15) is 6.79 Å². The Morgan fingerprint density at radius 3 is 2.48 bits per heavy atom. The molecule has 1 aliphatic carbocycles. The molecule has 0 radical (unpaired) electrons. The number of rotatable bonds is 5. The summed E-state index contributed by atoms with van der Waals surface area (Å²) in [5.41, 5.74) is 0.275. The summed E-state index contributed by atoms with van der Waals surface area (Å²) in [6.07, 6.45) is 5.18. The number of allylic oxidation sites excluding steroid dienone is 2. The Balaban J connectivity index is 2.52. The summed E-state index contributed by atoms with van der Waals surface area (Å²) in [7, 11) is -4.79. The number of hydrogen-bond donors (Lipinski definition) is 2. The van der Waals surface area contributed by atoms with Crippen molar-refractivity contribution in [3.05, 3.63) is 60.2 Å². The van der Waals surface area contributed by atoms with Gasteiger partial charge in [-0.2, -0.15) is 8.42 Å². The molecule has 0 aromatic heterocycles. The van der Waals surface area contributed by atoms with Gasteiger partial charge in [-0.1, -0.05) is 48.6 Å². The molecule has 0 spiro atoms. The standard InChI is InChI=1S/C14H14O6S/c15-10-20-14(21(17,18)19)9-5-4-8-12(14)13(16)11-6-2-1-3-7-11/h1-9,12,15H,10H2,(H,17,18,19). The summed E-state index contributed by atoms with van der Waals surface area (Å²) in [4.78, 5) is 10.2. The van der Waals surface area contributed by atoms with E-state index in [1.807, 2.05) is 0 Å². The average molecular weight is 310 g/mol. The zero-order chi connectivity index (χ0) is 15.5. The van der Waals surface area contributed by atoms with Crippen LogP contribution in [0.4, 0.5) is 0 Å². The first-order chi connectivity index (χ1) is 9.92. The zero-order valence-electron chi connectivity index (χ0n) is 10.9. The molecule has 0 saturated heterocycles. The van der Waals surface area contributed by atoms with Crippen LogP contribution in [0, 0.1) is 5.92 Å². The molecule has 0 fully saturated rings. The SMILES string of the molecule is O=C(c1ccccc1)C1C=CC=CC1(OCO)S(=O)(=O)O. The number of Topliss-reactive ketones (excluding diaryl/α,β-unsaturated/α-hetero) is 1. The Labute approximate surface area is 122 Å². The van der Waals surface area contributed by atoms with Gasteiger partial charge in [0.05, 0.1) is 5.92 Å². The van der Waals surface area contributed by atoms with Crippen molar-refractivity contribution in [2.24, 2.45) is 5.92 Å². The Bertz CT molecular complexity index is 677. The number of ether oxygens (including phenoxy) is 1. The predicted octanol–water partition coefficient (Wildman–Crippen LogP) is 1.16. The lowest BCUT2D eigenvalue weighted by Crippen LogP contribution is -2.50. The van der Waals surface area contributed by atoms with Crippen LogP contribution in [-0.2, 0) is 14.9 Å². The Morgan fingerprint density at radius 1 is 1.24 bits per heavy atom. The largest absolute Gasteiger partial charge is 0.371 e. The molecule has 1 aromatic carbocycles. The molecule has 2 unspecified atom stereocenters. The number of hydrogen-bond acceptors (Lipinski definition) is 5. The molecule has 2 atom stereocenters. The van der Waals surface area contributed by atoms with Crippen molar-refractivity contribution in [1.82, 2.24) is 0 Å². The minimum atomic E-state index is -4.79. The molecule has 1 aliphatic rings. The third-order valence-corrected chi connectivity index (χ3v) is 4.52. The molecule has 0 amide bonds. The lowest BCUT2D eigenvalue weighted by molar-refractivity contribution is -0.0663. The van der Waals surface area contributed by atoms with E-state index in [4.69, 9.17) is 9.84 Å². The van der Waals surface area contributed by atoms with E-state index in [-0.39, 0.29) is 5.56 Å². The molecule has 0 saturated carbocycles. The van der Waals surface area contributed by atoms with Gasteiger partial charge in [0.2, 0.25) is 4.93 Å². The fourth-order valence-electron chi connectivity index (χ4n) is 2.21. The summed E-state index contributed by atoms with van der Waals surface area (Å²) in [5, 5.41) is 8.95. The lowest BCUT2D eigenvalue weighted by atomic mass is 9.89. The van der Waals surface area contributed by atoms with Crippen LogP contribution in [0.5, 0.6) is 0 Å². The van der Waals surface area contributed by atoms with Gasteiger partial charge in [-0.3, -0.25) is 9.35 Å². The fourth-order valence-corrected chi connectivity index (χ4v) is 3.17. The maximum absolute atomic E-state index is 12.5. The first-order valence-corrected chi connectivity index (χ1v) is 7.53. The molecule has 2 rings (SSSR count). The third kappa shape index (κ3) is 2.81. The molecular formula is C14H14O6S. The smallest absolute Gasteiger partial charge is 0.300 e. The minimum absolute atomic E-state index is 0.275. The van der Waals surface area contributed by atoms with Crippen LogP contribution in [0.1, 0.15) is 10.4 Å². The molecule has 7 heteroatoms. The Hall–Kier alpha value is -1.80. The number of aliphatic hydroxyl groups excluding tert-OH is 1. The second-order valence-corrected chi connectivity index (χ2v) is 6.01. The molecule has 112 valence electrons. The number of carbonyl (C=O) groups excluding carboxylic acids is 1. The van der Waals surface area contributed by atoms with Crippen molar-refractivity contribution in [3.8, 4) is 0 Å². The van der Waals surface area contributed by atoms with Crippen LogP contribution >= 0.6 is 0 Å². The van der Waals surface area contributed by atoms with Gasteiger partial charge in [-0.05, 0) is 6.08 Å². The lowest BCUT2D eigenvalue weighted by Gasteiger charge is -2.33. The molecule has 6 nitrogen and oxygen atoms in total. The highest BCUT2D eigenvalue weighted by Crippen LogP contribution is 2.35. The van der Waals surface area contributed by atoms with Crippen LogP contribution in [-0.4, -0.2) is 35.6 Å². The molecule has 21 heavy (non-hydrogen) atoms. The van der Waals surface area contributed by atoms with E-state index in [0.29, 0.717) is 0 Å². The van der Waals surface area contributed by atoms with Gasteiger partial charge in [0.25, 0.3) is 10.1 Å². The van der Waals surface area contributed by atoms with Gasteiger partial charge in [0.15, 0.2) is 5.78 Å². The monoisotopic (exact) mass is 310 g/mol. The highest BCUT2D eigenvalue weighted by atomic mass is 32.2. The van der Waals surface area contributed by atoms with Crippen molar-refractivity contribution in [2.45, 2.75) is 4.93 Å². The van der Waals surface area contributed by atoms with Crippen molar-refractivity contribution in [2.75, 3.05) is 6.79 Å². The van der Waals surface area contributed by atoms with E-state index in [1.54, 1.807) is 18.2 Å². The summed E-state index contributed by atoms with van der Waals surface area (Å²) in [5.74, 6) is -1.84. The van der Waals surface area contributed by atoms with E-state index < -0.39 is 33.5 Å². The zero-order valence-corrected chi connectivity index (χ0v) is 11.7. The number of ketones is 1. The maximum atomic E-state index is 12.5. The first-order valence-electron chi connectivity index (χ1n) is 6.09. The average Bonchev–Trinajstić information content (AvgIpc) is 2.47. The van der Waals surface area contributed by atoms with Gasteiger partial charge >= 0.3 is 0 Å². The third-order valence-electron chi connectivity index (χ3n) is 3.21. The van der Waals surface area contributed by atoms with Gasteiger partial charge in [0, 0.05) is 5.56 Å².